The molecule has 0 heterocycles. The zero-order valence-corrected chi connectivity index (χ0v) is 14.6. The highest BCUT2D eigenvalue weighted by atomic mass is 16.7. The monoisotopic (exact) mass is 288 g/mol. The number of ether oxygens (including phenoxy) is 1. The molecule has 5 heteroatoms. The maximum atomic E-state index is 12.2. The molecule has 0 unspecified atom stereocenters. The van der Waals surface area contributed by atoms with E-state index in [1.54, 1.807) is 4.90 Å². The summed E-state index contributed by atoms with van der Waals surface area (Å²) in [4.78, 5) is 19.4. The van der Waals surface area contributed by atoms with Gasteiger partial charge in [0.25, 0.3) is 0 Å². The zero-order chi connectivity index (χ0) is 16.2. The minimum absolute atomic E-state index is 0.252. The van der Waals surface area contributed by atoms with Crippen molar-refractivity contribution in [2.75, 3.05) is 13.1 Å². The highest BCUT2D eigenvalue weighted by molar-refractivity contribution is 5.69. The Morgan fingerprint density at radius 1 is 0.950 bits per heavy atom. The lowest BCUT2D eigenvalue weighted by Gasteiger charge is -2.37. The van der Waals surface area contributed by atoms with Gasteiger partial charge in [0.1, 0.15) is 5.60 Å². The van der Waals surface area contributed by atoms with Crippen LogP contribution in [-0.2, 0) is 9.57 Å². The second-order valence-corrected chi connectivity index (χ2v) is 7.91. The molecule has 0 rings (SSSR count). The molecule has 0 aromatic heterocycles. The third kappa shape index (κ3) is 9.15. The van der Waals surface area contributed by atoms with E-state index in [9.17, 15) is 4.79 Å². The van der Waals surface area contributed by atoms with Crippen molar-refractivity contribution in [3.05, 3.63) is 0 Å². The smallest absolute Gasteiger partial charge is 0.410 e. The second kappa shape index (κ2) is 6.76. The predicted octanol–water partition coefficient (Wildman–Crippen LogP) is 3.34. The van der Waals surface area contributed by atoms with Crippen molar-refractivity contribution in [3.63, 3.8) is 0 Å². The molecule has 0 fully saturated rings. The highest BCUT2D eigenvalue weighted by Crippen LogP contribution is 2.18. The number of hydrogen-bond donors (Lipinski definition) is 1. The van der Waals surface area contributed by atoms with Gasteiger partial charge in [-0.2, -0.15) is 0 Å². The number of carbonyl (C=O) groups excluding carboxylic acids is 1. The summed E-state index contributed by atoms with van der Waals surface area (Å²) in [5.41, 5.74) is 1.85. The zero-order valence-electron chi connectivity index (χ0n) is 14.6. The molecule has 0 saturated carbocycles. The number of rotatable bonds is 4. The maximum Gasteiger partial charge on any atom is 0.410 e. The number of nitrogens with one attached hydrogen (secondary N) is 1. The Labute approximate surface area is 124 Å². The van der Waals surface area contributed by atoms with E-state index in [0.29, 0.717) is 13.1 Å². The van der Waals surface area contributed by atoms with Crippen molar-refractivity contribution in [3.8, 4) is 0 Å². The summed E-state index contributed by atoms with van der Waals surface area (Å²) in [6, 6.07) is 0. The molecule has 0 saturated heterocycles. The van der Waals surface area contributed by atoms with Crippen LogP contribution >= 0.6 is 0 Å². The van der Waals surface area contributed by atoms with Gasteiger partial charge in [-0.1, -0.05) is 0 Å². The van der Waals surface area contributed by atoms with Gasteiger partial charge in [0, 0.05) is 18.6 Å². The summed E-state index contributed by atoms with van der Waals surface area (Å²) < 4.78 is 5.44. The van der Waals surface area contributed by atoms with Crippen molar-refractivity contribution in [1.82, 2.24) is 10.4 Å². The number of amides is 1. The molecule has 0 aliphatic rings. The van der Waals surface area contributed by atoms with E-state index < -0.39 is 5.60 Å². The van der Waals surface area contributed by atoms with Crippen LogP contribution in [0, 0.1) is 0 Å². The average molecular weight is 288 g/mol. The lowest BCUT2D eigenvalue weighted by molar-refractivity contribution is -0.0761. The molecule has 0 aromatic rings. The first kappa shape index (κ1) is 19.2. The molecule has 0 aromatic carbocycles. The van der Waals surface area contributed by atoms with Crippen LogP contribution in [0.5, 0.6) is 0 Å². The summed E-state index contributed by atoms with van der Waals surface area (Å²) >= 11 is 0. The topological polar surface area (TPSA) is 50.8 Å². The van der Waals surface area contributed by atoms with Gasteiger partial charge >= 0.3 is 6.09 Å². The fourth-order valence-electron chi connectivity index (χ4n) is 1.44. The molecular weight excluding hydrogens is 256 g/mol. The van der Waals surface area contributed by atoms with Gasteiger partial charge in [0.2, 0.25) is 0 Å². The van der Waals surface area contributed by atoms with Crippen LogP contribution in [-0.4, -0.2) is 40.8 Å². The van der Waals surface area contributed by atoms with E-state index in [4.69, 9.17) is 9.57 Å². The molecule has 1 N–H and O–H groups in total. The van der Waals surface area contributed by atoms with Gasteiger partial charge < -0.3 is 9.64 Å². The minimum atomic E-state index is -0.490. The van der Waals surface area contributed by atoms with Gasteiger partial charge in [-0.15, -0.1) is 0 Å². The molecule has 20 heavy (non-hydrogen) atoms. The van der Waals surface area contributed by atoms with E-state index in [2.05, 4.69) is 5.48 Å². The van der Waals surface area contributed by atoms with Crippen molar-refractivity contribution in [2.45, 2.75) is 79.1 Å². The van der Waals surface area contributed by atoms with Crippen molar-refractivity contribution in [2.24, 2.45) is 0 Å². The number of nitrogens with zero attached hydrogens (tertiary/aromatic N) is 1. The Balaban J connectivity index is 4.49. The predicted molar refractivity (Wildman–Crippen MR) is 81.5 cm³/mol. The summed E-state index contributed by atoms with van der Waals surface area (Å²) in [5, 5.41) is 0. The molecule has 5 nitrogen and oxygen atoms in total. The first-order valence-electron chi connectivity index (χ1n) is 7.14. The van der Waals surface area contributed by atoms with Crippen LogP contribution in [0.3, 0.4) is 0 Å². The molecule has 0 aliphatic carbocycles. The summed E-state index contributed by atoms with van der Waals surface area (Å²) in [6.45, 7) is 18.5. The number of carbonyl (C=O) groups is 1. The Bertz CT molecular complexity index is 309. The van der Waals surface area contributed by atoms with Crippen LogP contribution in [0.25, 0.3) is 0 Å². The fourth-order valence-corrected chi connectivity index (χ4v) is 1.44. The van der Waals surface area contributed by atoms with Crippen molar-refractivity contribution < 1.29 is 14.4 Å². The molecule has 0 bridgehead atoms. The Morgan fingerprint density at radius 2 is 1.45 bits per heavy atom. The van der Waals surface area contributed by atoms with E-state index >= 15 is 0 Å². The molecule has 0 aliphatic heterocycles. The highest BCUT2D eigenvalue weighted by Gasteiger charge is 2.30. The fraction of sp³-hybridized carbons (Fsp3) is 0.933. The van der Waals surface area contributed by atoms with Gasteiger partial charge in [0.05, 0.1) is 5.60 Å². The molecule has 0 radical (unpaired) electrons. The lowest BCUT2D eigenvalue weighted by Crippen LogP contribution is -2.50. The molecule has 0 spiro atoms. The molecule has 1 amide bonds. The van der Waals surface area contributed by atoms with Crippen LogP contribution in [0.4, 0.5) is 4.79 Å². The molecule has 0 atom stereocenters. The van der Waals surface area contributed by atoms with E-state index in [0.717, 1.165) is 0 Å². The Morgan fingerprint density at radius 3 is 1.80 bits per heavy atom. The molecule has 120 valence electrons. The van der Waals surface area contributed by atoms with E-state index in [1.165, 1.54) is 0 Å². The largest absolute Gasteiger partial charge is 0.444 e. The average Bonchev–Trinajstić information content (AvgIpc) is 2.09. The first-order valence-corrected chi connectivity index (χ1v) is 7.14. The van der Waals surface area contributed by atoms with Gasteiger partial charge in [-0.05, 0) is 62.3 Å². The second-order valence-electron chi connectivity index (χ2n) is 7.91. The number of hydroxylamine groups is 1. The van der Waals surface area contributed by atoms with Crippen molar-refractivity contribution in [1.29, 1.82) is 0 Å². The Kier molecular flexibility index (Phi) is 6.49. The summed E-state index contributed by atoms with van der Waals surface area (Å²) in [7, 11) is 0. The summed E-state index contributed by atoms with van der Waals surface area (Å²) in [5.74, 6) is 0. The van der Waals surface area contributed by atoms with Crippen LogP contribution in [0.1, 0.15) is 62.3 Å². The van der Waals surface area contributed by atoms with Gasteiger partial charge in [-0.3, -0.25) is 4.84 Å². The van der Waals surface area contributed by atoms with Gasteiger partial charge in [-0.25, -0.2) is 10.3 Å². The van der Waals surface area contributed by atoms with Crippen LogP contribution < -0.4 is 5.48 Å². The minimum Gasteiger partial charge on any atom is -0.444 e. The first-order chi connectivity index (χ1) is 8.72. The van der Waals surface area contributed by atoms with E-state index in [-0.39, 0.29) is 17.2 Å². The Hall–Kier alpha value is -0.810. The normalized spacial score (nSPS) is 13.2. The van der Waals surface area contributed by atoms with Crippen LogP contribution in [0.15, 0.2) is 0 Å². The third-order valence-electron chi connectivity index (χ3n) is 2.24. The quantitative estimate of drug-likeness (QED) is 0.637. The molecular formula is C15H32N2O3. The maximum absolute atomic E-state index is 12.2. The van der Waals surface area contributed by atoms with Gasteiger partial charge in [0.15, 0.2) is 0 Å². The summed E-state index contributed by atoms with van der Waals surface area (Å²) in [6.07, 6.45) is -0.303. The van der Waals surface area contributed by atoms with Crippen molar-refractivity contribution >= 4 is 6.09 Å². The van der Waals surface area contributed by atoms with E-state index in [1.807, 2.05) is 62.3 Å². The number of hydrogen-bond acceptors (Lipinski definition) is 4. The standard InChI is InChI=1S/C15H32N2O3/c1-13(2,3)17(12(18)19-14(4,5)6)11-10-16-20-15(7,8)9/h16H,10-11H2,1-9H3. The SMILES string of the molecule is CC(C)(C)ONCCN(C(=O)OC(C)(C)C)C(C)(C)C. The van der Waals surface area contributed by atoms with Crippen LogP contribution in [0.2, 0.25) is 0 Å². The third-order valence-corrected chi connectivity index (χ3v) is 2.24. The lowest BCUT2D eigenvalue weighted by atomic mass is 10.1.